The standard InChI is InChI=1S/C44H56N10O5/c1-29(2)35-26-46-54-38(24-39(48-41(35)54)52-19-7-10-33(52)28-55)45-25-30-12-14-32(15-13-30)47-44(59)51-22-20-50(21-23-51)18-5-3-4-8-31-9-6-11-34-36(31)27-53(43(34)58)37-16-17-40(56)49-42(37)57/h6,9,11-15,24,26,29,33,37,45,55H,3-5,7-8,10,16-23,25,27-28H2,1-2H3,(H,47,59)(H,49,56,57)/t33-,37?/m1/s1. The van der Waals surface area contributed by atoms with Gasteiger partial charge in [-0.25, -0.2) is 9.78 Å². The number of amides is 5. The highest BCUT2D eigenvalue weighted by Gasteiger charge is 2.39. The predicted molar refractivity (Wildman–Crippen MR) is 225 cm³/mol. The predicted octanol–water partition coefficient (Wildman–Crippen LogP) is 4.75. The minimum absolute atomic E-state index is 0.0692. The van der Waals surface area contributed by atoms with Crippen LogP contribution in [0.2, 0.25) is 0 Å². The van der Waals surface area contributed by atoms with Crippen LogP contribution in [0.4, 0.5) is 22.1 Å². The summed E-state index contributed by atoms with van der Waals surface area (Å²) in [5.74, 6) is 1.17. The van der Waals surface area contributed by atoms with Gasteiger partial charge in [0.25, 0.3) is 5.91 Å². The van der Waals surface area contributed by atoms with E-state index < -0.39 is 6.04 Å². The fraction of sp³-hybridized carbons (Fsp3) is 0.500. The Balaban J connectivity index is 0.766. The molecule has 1 unspecified atom stereocenters. The van der Waals surface area contributed by atoms with E-state index in [0.29, 0.717) is 38.2 Å². The van der Waals surface area contributed by atoms with E-state index in [1.54, 1.807) is 4.90 Å². The van der Waals surface area contributed by atoms with Crippen molar-refractivity contribution in [2.24, 2.45) is 0 Å². The number of aliphatic hydroxyl groups is 1. The number of anilines is 3. The molecule has 8 rings (SSSR count). The van der Waals surface area contributed by atoms with E-state index in [1.807, 2.05) is 58.1 Å². The van der Waals surface area contributed by atoms with Gasteiger partial charge in [0.15, 0.2) is 5.65 Å². The number of aliphatic hydroxyl groups excluding tert-OH is 1. The van der Waals surface area contributed by atoms with E-state index in [2.05, 4.69) is 50.8 Å². The number of hydrogen-bond donors (Lipinski definition) is 4. The van der Waals surface area contributed by atoms with Gasteiger partial charge in [0.2, 0.25) is 11.8 Å². The Hall–Kier alpha value is -5.54. The molecule has 59 heavy (non-hydrogen) atoms. The van der Waals surface area contributed by atoms with Gasteiger partial charge >= 0.3 is 6.03 Å². The van der Waals surface area contributed by atoms with Crippen molar-refractivity contribution in [1.29, 1.82) is 0 Å². The maximum absolute atomic E-state index is 13.2. The molecule has 5 amide bonds. The van der Waals surface area contributed by atoms with Crippen molar-refractivity contribution >= 4 is 46.7 Å². The van der Waals surface area contributed by atoms with Crippen LogP contribution < -0.4 is 20.9 Å². The summed E-state index contributed by atoms with van der Waals surface area (Å²) in [5, 5.41) is 23.7. The maximum Gasteiger partial charge on any atom is 0.321 e. The first-order valence-electron chi connectivity index (χ1n) is 21.3. The molecule has 4 N–H and O–H groups in total. The van der Waals surface area contributed by atoms with Gasteiger partial charge in [-0.1, -0.05) is 44.5 Å². The molecule has 4 aromatic rings. The third-order valence-corrected chi connectivity index (χ3v) is 12.4. The fourth-order valence-corrected chi connectivity index (χ4v) is 8.96. The van der Waals surface area contributed by atoms with E-state index in [0.717, 1.165) is 110 Å². The fourth-order valence-electron chi connectivity index (χ4n) is 8.96. The van der Waals surface area contributed by atoms with Crippen molar-refractivity contribution in [2.75, 3.05) is 61.4 Å². The van der Waals surface area contributed by atoms with Crippen LogP contribution >= 0.6 is 0 Å². The average molecular weight is 805 g/mol. The van der Waals surface area contributed by atoms with Crippen LogP contribution in [-0.4, -0.2) is 116 Å². The Morgan fingerprint density at radius 2 is 1.78 bits per heavy atom. The summed E-state index contributed by atoms with van der Waals surface area (Å²) in [6.07, 6.45) is 8.47. The number of benzene rings is 2. The molecule has 0 bridgehead atoms. The number of nitrogens with zero attached hydrogens (tertiary/aromatic N) is 7. The second-order valence-corrected chi connectivity index (χ2v) is 16.6. The summed E-state index contributed by atoms with van der Waals surface area (Å²) in [5.41, 5.74) is 6.56. The van der Waals surface area contributed by atoms with Gasteiger partial charge in [0.1, 0.15) is 17.7 Å². The maximum atomic E-state index is 13.2. The number of unbranched alkanes of at least 4 members (excludes halogenated alkanes) is 2. The van der Waals surface area contributed by atoms with Gasteiger partial charge < -0.3 is 30.4 Å². The Morgan fingerprint density at radius 3 is 2.54 bits per heavy atom. The topological polar surface area (TPSA) is 168 Å². The molecule has 0 aliphatic carbocycles. The molecular formula is C44H56N10O5. The molecular weight excluding hydrogens is 749 g/mol. The lowest BCUT2D eigenvalue weighted by Crippen LogP contribution is -2.52. The number of imide groups is 1. The molecule has 2 aromatic heterocycles. The summed E-state index contributed by atoms with van der Waals surface area (Å²) in [6, 6.07) is 15.2. The van der Waals surface area contributed by atoms with Crippen LogP contribution in [0.5, 0.6) is 0 Å². The Morgan fingerprint density at radius 1 is 0.966 bits per heavy atom. The van der Waals surface area contributed by atoms with Crippen LogP contribution in [-0.2, 0) is 29.1 Å². The van der Waals surface area contributed by atoms with Crippen molar-refractivity contribution < 1.29 is 24.3 Å². The number of aryl methyl sites for hydroxylation is 1. The largest absolute Gasteiger partial charge is 0.394 e. The van der Waals surface area contributed by atoms with Crippen molar-refractivity contribution in [3.05, 3.63) is 82.5 Å². The number of aromatic nitrogens is 3. The SMILES string of the molecule is CC(C)c1cnn2c(NCc3ccc(NC(=O)N4CCN(CCCCCc5cccc6c5CN(C5CCC(=O)NC5=O)C6=O)CC4)cc3)cc(N3CCC[C@@H]3CO)nc12. The number of nitrogens with one attached hydrogen (secondary N) is 3. The molecule has 312 valence electrons. The minimum atomic E-state index is -0.600. The Bertz CT molecular complexity index is 2180. The quantitative estimate of drug-likeness (QED) is 0.103. The van der Waals surface area contributed by atoms with Gasteiger partial charge in [0.05, 0.1) is 18.8 Å². The van der Waals surface area contributed by atoms with Crippen LogP contribution in [0, 0.1) is 0 Å². The van der Waals surface area contributed by atoms with Crippen LogP contribution in [0.15, 0.2) is 54.7 Å². The third kappa shape index (κ3) is 8.76. The van der Waals surface area contributed by atoms with Crippen molar-refractivity contribution in [2.45, 2.75) is 96.3 Å². The lowest BCUT2D eigenvalue weighted by atomic mass is 9.98. The average Bonchev–Trinajstić information content (AvgIpc) is 3.98. The highest BCUT2D eigenvalue weighted by Crippen LogP contribution is 2.32. The highest BCUT2D eigenvalue weighted by molar-refractivity contribution is 6.05. The van der Waals surface area contributed by atoms with Crippen molar-refractivity contribution in [1.82, 2.24) is 34.6 Å². The van der Waals surface area contributed by atoms with E-state index >= 15 is 0 Å². The van der Waals surface area contributed by atoms with E-state index in [4.69, 9.17) is 4.98 Å². The summed E-state index contributed by atoms with van der Waals surface area (Å²) in [6.45, 7) is 10.2. The zero-order valence-electron chi connectivity index (χ0n) is 34.2. The lowest BCUT2D eigenvalue weighted by molar-refractivity contribution is -0.136. The van der Waals surface area contributed by atoms with Crippen LogP contribution in [0.25, 0.3) is 5.65 Å². The summed E-state index contributed by atoms with van der Waals surface area (Å²) >= 11 is 0. The minimum Gasteiger partial charge on any atom is -0.394 e. The van der Waals surface area contributed by atoms with Gasteiger partial charge in [-0.15, -0.1) is 0 Å². The first-order chi connectivity index (χ1) is 28.7. The summed E-state index contributed by atoms with van der Waals surface area (Å²) < 4.78 is 1.86. The van der Waals surface area contributed by atoms with Crippen LogP contribution in [0.3, 0.4) is 0 Å². The van der Waals surface area contributed by atoms with E-state index in [1.165, 1.54) is 0 Å². The molecule has 15 nitrogen and oxygen atoms in total. The van der Waals surface area contributed by atoms with Gasteiger partial charge in [-0.05, 0) is 85.9 Å². The zero-order chi connectivity index (χ0) is 41.0. The number of carbonyl (C=O) groups is 4. The number of urea groups is 1. The number of piperidine rings is 1. The number of piperazine rings is 1. The van der Waals surface area contributed by atoms with Crippen molar-refractivity contribution in [3.63, 3.8) is 0 Å². The summed E-state index contributed by atoms with van der Waals surface area (Å²) in [4.78, 5) is 63.6. The smallest absolute Gasteiger partial charge is 0.321 e. The Kier molecular flexibility index (Phi) is 12.1. The van der Waals surface area contributed by atoms with Gasteiger partial charge in [-0.3, -0.25) is 24.6 Å². The molecule has 4 aliphatic heterocycles. The molecule has 6 heterocycles. The number of hydrogen-bond acceptors (Lipinski definition) is 10. The highest BCUT2D eigenvalue weighted by atomic mass is 16.3. The number of fused-ring (bicyclic) bond motifs is 2. The molecule has 4 aliphatic rings. The molecule has 0 radical (unpaired) electrons. The second-order valence-electron chi connectivity index (χ2n) is 16.6. The monoisotopic (exact) mass is 804 g/mol. The first kappa shape index (κ1) is 40.2. The van der Waals surface area contributed by atoms with Crippen molar-refractivity contribution in [3.8, 4) is 0 Å². The molecule has 0 saturated carbocycles. The third-order valence-electron chi connectivity index (χ3n) is 12.4. The molecule has 3 saturated heterocycles. The van der Waals surface area contributed by atoms with E-state index in [-0.39, 0.29) is 48.7 Å². The molecule has 2 aromatic carbocycles. The summed E-state index contributed by atoms with van der Waals surface area (Å²) in [7, 11) is 0. The molecule has 3 fully saturated rings. The second kappa shape index (κ2) is 17.8. The van der Waals surface area contributed by atoms with Gasteiger partial charge in [0, 0.05) is 75.1 Å². The number of rotatable bonds is 14. The van der Waals surface area contributed by atoms with Gasteiger partial charge in [-0.2, -0.15) is 9.61 Å². The van der Waals surface area contributed by atoms with E-state index in [9.17, 15) is 24.3 Å². The normalized spacial score (nSPS) is 19.9. The Labute approximate surface area is 345 Å². The molecule has 2 atom stereocenters. The molecule has 0 spiro atoms. The van der Waals surface area contributed by atoms with Crippen LogP contribution in [0.1, 0.15) is 97.3 Å². The zero-order valence-corrected chi connectivity index (χ0v) is 34.2. The lowest BCUT2D eigenvalue weighted by Gasteiger charge is -2.34. The number of carbonyl (C=O) groups excluding carboxylic acids is 4. The molecule has 15 heteroatoms. The first-order valence-corrected chi connectivity index (χ1v) is 21.3.